The van der Waals surface area contributed by atoms with E-state index in [2.05, 4.69) is 0 Å². The van der Waals surface area contributed by atoms with Crippen LogP contribution in [0.4, 0.5) is 4.39 Å². The summed E-state index contributed by atoms with van der Waals surface area (Å²) in [4.78, 5) is 0. The summed E-state index contributed by atoms with van der Waals surface area (Å²) in [6, 6.07) is 9.08. The van der Waals surface area contributed by atoms with Gasteiger partial charge < -0.3 is 5.11 Å². The van der Waals surface area contributed by atoms with Gasteiger partial charge in [-0.05, 0) is 24.1 Å². The Labute approximate surface area is 87.0 Å². The van der Waals surface area contributed by atoms with Gasteiger partial charge >= 0.3 is 0 Å². The van der Waals surface area contributed by atoms with E-state index in [1.54, 1.807) is 6.07 Å². The molecule has 0 heterocycles. The average Bonchev–Trinajstić information content (AvgIpc) is 2.27. The summed E-state index contributed by atoms with van der Waals surface area (Å²) in [5, 5.41) is 26.3. The number of nitriles is 2. The van der Waals surface area contributed by atoms with Crippen molar-refractivity contribution in [1.82, 2.24) is 0 Å². The van der Waals surface area contributed by atoms with E-state index in [1.807, 2.05) is 6.07 Å². The molecule has 1 aromatic rings. The minimum absolute atomic E-state index is 0.242. The number of halogens is 1. The normalized spacial score (nSPS) is 13.6. The fourth-order valence-electron chi connectivity index (χ4n) is 1.19. The number of benzene rings is 1. The van der Waals surface area contributed by atoms with Crippen LogP contribution in [0, 0.1) is 34.4 Å². The molecule has 0 saturated carbocycles. The van der Waals surface area contributed by atoms with Crippen molar-refractivity contribution >= 4 is 0 Å². The molecule has 0 bridgehead atoms. The molecule has 0 unspecified atom stereocenters. The van der Waals surface area contributed by atoms with E-state index >= 15 is 0 Å². The standard InChI is InChI=1S/C11H9FN2O/c12-10-3-1-8(2-4-10)5-9(6-13)11(15)7-14/h1-4,9,11,15H,5H2/t9-,11+/m0/s1. The molecule has 2 atom stereocenters. The second-order valence-electron chi connectivity index (χ2n) is 3.14. The van der Waals surface area contributed by atoms with Crippen molar-refractivity contribution in [2.45, 2.75) is 12.5 Å². The minimum Gasteiger partial charge on any atom is -0.377 e. The molecule has 0 radical (unpaired) electrons. The van der Waals surface area contributed by atoms with Crippen LogP contribution in [0.2, 0.25) is 0 Å². The first-order valence-corrected chi connectivity index (χ1v) is 4.39. The lowest BCUT2D eigenvalue weighted by Crippen LogP contribution is -2.19. The zero-order chi connectivity index (χ0) is 11.3. The molecular weight excluding hydrogens is 195 g/mol. The number of hydrogen-bond donors (Lipinski definition) is 1. The molecular formula is C11H9FN2O. The van der Waals surface area contributed by atoms with Crippen LogP contribution >= 0.6 is 0 Å². The van der Waals surface area contributed by atoms with E-state index in [4.69, 9.17) is 10.5 Å². The van der Waals surface area contributed by atoms with E-state index in [0.29, 0.717) is 0 Å². The molecule has 1 aromatic carbocycles. The highest BCUT2D eigenvalue weighted by Crippen LogP contribution is 2.12. The van der Waals surface area contributed by atoms with Gasteiger partial charge in [-0.2, -0.15) is 10.5 Å². The monoisotopic (exact) mass is 204 g/mol. The Bertz CT molecular complexity index is 402. The molecule has 76 valence electrons. The summed E-state index contributed by atoms with van der Waals surface area (Å²) in [6.45, 7) is 0. The molecule has 0 aliphatic heterocycles. The van der Waals surface area contributed by atoms with Crippen LogP contribution in [0.1, 0.15) is 5.56 Å². The summed E-state index contributed by atoms with van der Waals surface area (Å²) < 4.78 is 12.6. The zero-order valence-corrected chi connectivity index (χ0v) is 7.89. The van der Waals surface area contributed by atoms with Gasteiger partial charge in [0.15, 0.2) is 6.10 Å². The van der Waals surface area contributed by atoms with Crippen LogP contribution in [0.5, 0.6) is 0 Å². The van der Waals surface area contributed by atoms with Crippen molar-refractivity contribution in [2.75, 3.05) is 0 Å². The van der Waals surface area contributed by atoms with Gasteiger partial charge in [0.2, 0.25) is 0 Å². The first-order valence-electron chi connectivity index (χ1n) is 4.39. The van der Waals surface area contributed by atoms with Crippen molar-refractivity contribution in [2.24, 2.45) is 5.92 Å². The van der Waals surface area contributed by atoms with Gasteiger partial charge in [-0.3, -0.25) is 0 Å². The highest BCUT2D eigenvalue weighted by Gasteiger charge is 2.18. The highest BCUT2D eigenvalue weighted by atomic mass is 19.1. The molecule has 15 heavy (non-hydrogen) atoms. The van der Waals surface area contributed by atoms with Crippen LogP contribution in [0.3, 0.4) is 0 Å². The van der Waals surface area contributed by atoms with Crippen molar-refractivity contribution < 1.29 is 9.50 Å². The van der Waals surface area contributed by atoms with Crippen LogP contribution < -0.4 is 0 Å². The molecule has 3 nitrogen and oxygen atoms in total. The first-order chi connectivity index (χ1) is 7.17. The third kappa shape index (κ3) is 3.05. The minimum atomic E-state index is -1.31. The lowest BCUT2D eigenvalue weighted by atomic mass is 9.96. The molecule has 0 aliphatic carbocycles. The lowest BCUT2D eigenvalue weighted by Gasteiger charge is -2.09. The van der Waals surface area contributed by atoms with Gasteiger partial charge in [-0.25, -0.2) is 4.39 Å². The lowest BCUT2D eigenvalue weighted by molar-refractivity contribution is 0.187. The average molecular weight is 204 g/mol. The number of aliphatic hydroxyl groups excluding tert-OH is 1. The Morgan fingerprint density at radius 3 is 2.27 bits per heavy atom. The van der Waals surface area contributed by atoms with E-state index < -0.39 is 12.0 Å². The van der Waals surface area contributed by atoms with Gasteiger partial charge in [0.1, 0.15) is 5.82 Å². The summed E-state index contributed by atoms with van der Waals surface area (Å²) in [7, 11) is 0. The highest BCUT2D eigenvalue weighted by molar-refractivity contribution is 5.19. The maximum absolute atomic E-state index is 12.6. The van der Waals surface area contributed by atoms with E-state index in [0.717, 1.165) is 5.56 Å². The molecule has 0 amide bonds. The molecule has 0 aliphatic rings. The van der Waals surface area contributed by atoms with Crippen LogP contribution in [-0.2, 0) is 6.42 Å². The molecule has 0 fully saturated rings. The second-order valence-corrected chi connectivity index (χ2v) is 3.14. The van der Waals surface area contributed by atoms with Crippen LogP contribution in [0.15, 0.2) is 24.3 Å². The molecule has 1 N–H and O–H groups in total. The summed E-state index contributed by atoms with van der Waals surface area (Å²) >= 11 is 0. The molecule has 4 heteroatoms. The van der Waals surface area contributed by atoms with Crippen molar-refractivity contribution in [1.29, 1.82) is 10.5 Å². The van der Waals surface area contributed by atoms with E-state index in [-0.39, 0.29) is 12.2 Å². The fourth-order valence-corrected chi connectivity index (χ4v) is 1.19. The van der Waals surface area contributed by atoms with Gasteiger partial charge in [0.05, 0.1) is 18.1 Å². The maximum Gasteiger partial charge on any atom is 0.156 e. The van der Waals surface area contributed by atoms with Gasteiger partial charge in [-0.15, -0.1) is 0 Å². The Balaban J connectivity index is 2.73. The Kier molecular flexibility index (Phi) is 3.79. The Morgan fingerprint density at radius 1 is 1.20 bits per heavy atom. The molecule has 0 aromatic heterocycles. The number of aliphatic hydroxyl groups is 1. The number of rotatable bonds is 3. The fraction of sp³-hybridized carbons (Fsp3) is 0.273. The predicted octanol–water partition coefficient (Wildman–Crippen LogP) is 1.39. The SMILES string of the molecule is N#C[C@@H](O)[C@H](C#N)Cc1ccc(F)cc1. The van der Waals surface area contributed by atoms with Gasteiger partial charge in [-0.1, -0.05) is 12.1 Å². The second kappa shape index (κ2) is 5.09. The molecule has 1 rings (SSSR count). The van der Waals surface area contributed by atoms with Crippen molar-refractivity contribution in [3.05, 3.63) is 35.6 Å². The first kappa shape index (κ1) is 11.2. The number of hydrogen-bond acceptors (Lipinski definition) is 3. The largest absolute Gasteiger partial charge is 0.377 e. The quantitative estimate of drug-likeness (QED) is 0.756. The number of nitrogens with zero attached hydrogens (tertiary/aromatic N) is 2. The van der Waals surface area contributed by atoms with Crippen LogP contribution in [-0.4, -0.2) is 11.2 Å². The molecule has 0 saturated heterocycles. The summed E-state index contributed by atoms with van der Waals surface area (Å²) in [6.07, 6.45) is -1.06. The third-order valence-electron chi connectivity index (χ3n) is 2.05. The van der Waals surface area contributed by atoms with Gasteiger partial charge in [0, 0.05) is 0 Å². The summed E-state index contributed by atoms with van der Waals surface area (Å²) in [5.74, 6) is -1.13. The predicted molar refractivity (Wildman–Crippen MR) is 50.8 cm³/mol. The third-order valence-corrected chi connectivity index (χ3v) is 2.05. The Morgan fingerprint density at radius 2 is 1.80 bits per heavy atom. The van der Waals surface area contributed by atoms with E-state index in [1.165, 1.54) is 24.3 Å². The maximum atomic E-state index is 12.6. The van der Waals surface area contributed by atoms with Gasteiger partial charge in [0.25, 0.3) is 0 Å². The smallest absolute Gasteiger partial charge is 0.156 e. The molecule has 0 spiro atoms. The van der Waals surface area contributed by atoms with Crippen molar-refractivity contribution in [3.63, 3.8) is 0 Å². The Hall–Kier alpha value is -1.91. The van der Waals surface area contributed by atoms with Crippen molar-refractivity contribution in [3.8, 4) is 12.1 Å². The van der Waals surface area contributed by atoms with Crippen LogP contribution in [0.25, 0.3) is 0 Å². The van der Waals surface area contributed by atoms with E-state index in [9.17, 15) is 9.50 Å². The zero-order valence-electron chi connectivity index (χ0n) is 7.89. The topological polar surface area (TPSA) is 67.8 Å². The summed E-state index contributed by atoms with van der Waals surface area (Å²) in [5.41, 5.74) is 0.720.